The zero-order valence-electron chi connectivity index (χ0n) is 22.3. The number of benzene rings is 2. The molecule has 0 aliphatic carbocycles. The first-order chi connectivity index (χ1) is 19.0. The Labute approximate surface area is 235 Å². The molecule has 3 rings (SSSR count). The van der Waals surface area contributed by atoms with Crippen molar-refractivity contribution in [2.24, 2.45) is 0 Å². The van der Waals surface area contributed by atoms with E-state index in [4.69, 9.17) is 16.3 Å². The van der Waals surface area contributed by atoms with E-state index in [9.17, 15) is 22.8 Å². The third-order valence-corrected chi connectivity index (χ3v) is 5.17. The molecule has 0 radical (unpaired) electrons. The highest BCUT2D eigenvalue weighted by Crippen LogP contribution is 2.26. The summed E-state index contributed by atoms with van der Waals surface area (Å²) in [6, 6.07) is 13.4. The summed E-state index contributed by atoms with van der Waals surface area (Å²) in [7, 11) is 3.64. The third kappa shape index (κ3) is 10.1. The van der Waals surface area contributed by atoms with E-state index in [0.29, 0.717) is 29.0 Å². The summed E-state index contributed by atoms with van der Waals surface area (Å²) in [4.78, 5) is 25.3. The van der Waals surface area contributed by atoms with Gasteiger partial charge in [-0.3, -0.25) is 14.2 Å². The van der Waals surface area contributed by atoms with Crippen molar-refractivity contribution in [2.45, 2.75) is 26.6 Å². The zero-order chi connectivity index (χ0) is 29.7. The van der Waals surface area contributed by atoms with Crippen LogP contribution in [0.2, 0.25) is 0 Å². The number of rotatable bonds is 9. The highest BCUT2D eigenvalue weighted by molar-refractivity contribution is 6.25. The summed E-state index contributed by atoms with van der Waals surface area (Å²) in [6.07, 6.45) is 2.01. The van der Waals surface area contributed by atoms with E-state index >= 15 is 0 Å². The van der Waals surface area contributed by atoms with Gasteiger partial charge in [0.2, 0.25) is 11.6 Å². The molecule has 1 N–H and O–H groups in total. The predicted molar refractivity (Wildman–Crippen MR) is 150 cm³/mol. The largest absolute Gasteiger partial charge is 0.457 e. The maximum atomic E-state index is 13.3. The minimum absolute atomic E-state index is 0.140. The lowest BCUT2D eigenvalue weighted by molar-refractivity contribution is -0.143. The number of aryl methyl sites for hydroxylation is 1. The molecule has 3 aromatic rings. The van der Waals surface area contributed by atoms with Crippen LogP contribution in [0.25, 0.3) is 0 Å². The number of aldehydes is 1. The number of alkyl halides is 3. The van der Waals surface area contributed by atoms with Crippen molar-refractivity contribution in [3.63, 3.8) is 0 Å². The molecular weight excluding hydrogens is 547 g/mol. The van der Waals surface area contributed by atoms with Crippen LogP contribution in [0.3, 0.4) is 0 Å². The van der Waals surface area contributed by atoms with Gasteiger partial charge < -0.3 is 15.0 Å². The van der Waals surface area contributed by atoms with Crippen LogP contribution in [0.1, 0.15) is 23.7 Å². The quantitative estimate of drug-likeness (QED) is 0.144. The molecule has 12 heteroatoms. The normalized spacial score (nSPS) is 11.8. The van der Waals surface area contributed by atoms with Crippen LogP contribution in [0, 0.1) is 6.92 Å². The minimum Gasteiger partial charge on any atom is -0.457 e. The first-order valence-electron chi connectivity index (χ1n) is 11.8. The Balaban J connectivity index is 0.00000131. The first-order valence-corrected chi connectivity index (χ1v) is 12.3. The second kappa shape index (κ2) is 15.3. The molecule has 212 valence electrons. The predicted octanol–water partition coefficient (Wildman–Crippen LogP) is 6.05. The molecule has 0 aliphatic rings. The fourth-order valence-corrected chi connectivity index (χ4v) is 3.00. The monoisotopic (exact) mass is 575 g/mol. The van der Waals surface area contributed by atoms with Gasteiger partial charge in [-0.2, -0.15) is 13.2 Å². The highest BCUT2D eigenvalue weighted by atomic mass is 35.5. The molecule has 8 nitrogen and oxygen atoms in total. The molecule has 0 aliphatic heterocycles. The second-order valence-electron chi connectivity index (χ2n) is 8.44. The molecular formula is C28H29ClF3N5O3. The van der Waals surface area contributed by atoms with Crippen LogP contribution >= 0.6 is 11.6 Å². The number of anilines is 2. The molecule has 0 saturated carbocycles. The number of hydrogen-bond donors (Lipinski definition) is 1. The first kappa shape index (κ1) is 31.8. The summed E-state index contributed by atoms with van der Waals surface area (Å²) in [5.74, 6) is 0.560. The number of aromatic nitrogens is 3. The van der Waals surface area contributed by atoms with E-state index in [1.54, 1.807) is 71.8 Å². The fraction of sp³-hybridized carbons (Fsp3) is 0.214. The van der Waals surface area contributed by atoms with Gasteiger partial charge in [0.15, 0.2) is 0 Å². The van der Waals surface area contributed by atoms with Crippen LogP contribution in [0.5, 0.6) is 5.75 Å². The van der Waals surface area contributed by atoms with Gasteiger partial charge in [0, 0.05) is 32.1 Å². The van der Waals surface area contributed by atoms with Crippen LogP contribution in [-0.4, -0.2) is 40.0 Å². The number of hydrogen-bond acceptors (Lipinski definition) is 7. The number of nitrogens with one attached hydrogen (secondary N) is 1. The zero-order valence-corrected chi connectivity index (χ0v) is 23.1. The van der Waals surface area contributed by atoms with Gasteiger partial charge >= 0.3 is 6.18 Å². The van der Waals surface area contributed by atoms with Gasteiger partial charge in [0.25, 0.3) is 5.56 Å². The SMILES string of the molecule is C/C=C/Cl.Cc1ccc(Cn2c(Nc3ccc(OC(/C=C\N(C)C)=C/C=O)cc3)nnc(C(F)(F)F)c2=O)cc1. The van der Waals surface area contributed by atoms with E-state index in [1.165, 1.54) is 11.6 Å². The Bertz CT molecular complexity index is 1390. The lowest BCUT2D eigenvalue weighted by Gasteiger charge is -2.15. The van der Waals surface area contributed by atoms with Crippen molar-refractivity contribution in [2.75, 3.05) is 19.4 Å². The summed E-state index contributed by atoms with van der Waals surface area (Å²) in [5.41, 5.74) is 0.592. The molecule has 1 heterocycles. The molecule has 1 aromatic heterocycles. The van der Waals surface area contributed by atoms with E-state index in [2.05, 4.69) is 15.5 Å². The molecule has 40 heavy (non-hydrogen) atoms. The Kier molecular flexibility index (Phi) is 12.2. The van der Waals surface area contributed by atoms with Gasteiger partial charge in [0.1, 0.15) is 17.8 Å². The maximum Gasteiger partial charge on any atom is 0.440 e. The van der Waals surface area contributed by atoms with Crippen LogP contribution in [0.15, 0.2) is 89.0 Å². The molecule has 0 amide bonds. The van der Waals surface area contributed by atoms with Crippen molar-refractivity contribution in [3.8, 4) is 5.75 Å². The molecule has 2 aromatic carbocycles. The average Bonchev–Trinajstić information content (AvgIpc) is 2.91. The lowest BCUT2D eigenvalue weighted by atomic mass is 10.1. The summed E-state index contributed by atoms with van der Waals surface area (Å²) in [6.45, 7) is 3.61. The minimum atomic E-state index is -4.94. The number of ether oxygens (including phenoxy) is 1. The second-order valence-corrected chi connectivity index (χ2v) is 8.69. The smallest absolute Gasteiger partial charge is 0.440 e. The number of carbonyl (C=O) groups is 1. The average molecular weight is 576 g/mol. The molecule has 0 saturated heterocycles. The Morgan fingerprint density at radius 3 is 2.25 bits per heavy atom. The maximum absolute atomic E-state index is 13.3. The van der Waals surface area contributed by atoms with Gasteiger partial charge in [-0.25, -0.2) is 0 Å². The van der Waals surface area contributed by atoms with Crippen molar-refractivity contribution in [3.05, 3.63) is 111 Å². The molecule has 0 spiro atoms. The number of halogens is 4. The van der Waals surface area contributed by atoms with Crippen LogP contribution in [-0.2, 0) is 17.5 Å². The standard InChI is InChI=1S/C25H24F3N5O3.C3H5Cl/c1-17-4-6-18(7-5-17)16-33-23(35)22(25(26,27)28)30-31-24(33)29-19-8-10-20(11-9-19)36-21(13-15-34)12-14-32(2)3;1-2-3-4/h4-15H,16H2,1-3H3,(H,29,31);2-3H,1H3/b14-12-,21-13+;3-2+. The summed E-state index contributed by atoms with van der Waals surface area (Å²) >= 11 is 5.01. The van der Waals surface area contributed by atoms with Gasteiger partial charge in [-0.1, -0.05) is 47.5 Å². The van der Waals surface area contributed by atoms with Crippen molar-refractivity contribution < 1.29 is 22.7 Å². The summed E-state index contributed by atoms with van der Waals surface area (Å²) in [5, 5.41) is 9.61. The molecule has 0 bridgehead atoms. The van der Waals surface area contributed by atoms with E-state index in [0.717, 1.165) is 10.1 Å². The van der Waals surface area contributed by atoms with Crippen molar-refractivity contribution in [1.29, 1.82) is 0 Å². The third-order valence-electron chi connectivity index (χ3n) is 4.92. The molecule has 0 unspecified atom stereocenters. The van der Waals surface area contributed by atoms with E-state index in [1.807, 2.05) is 27.9 Å². The fourth-order valence-electron chi connectivity index (χ4n) is 3.00. The van der Waals surface area contributed by atoms with Gasteiger partial charge in [-0.05, 0) is 55.3 Å². The Morgan fingerprint density at radius 1 is 1.10 bits per heavy atom. The number of allylic oxidation sites excluding steroid dienone is 3. The van der Waals surface area contributed by atoms with Gasteiger partial charge in [0.05, 0.1) is 6.54 Å². The molecule has 0 atom stereocenters. The molecule has 0 fully saturated rings. The van der Waals surface area contributed by atoms with Crippen molar-refractivity contribution >= 4 is 29.5 Å². The van der Waals surface area contributed by atoms with Crippen LogP contribution in [0.4, 0.5) is 24.8 Å². The van der Waals surface area contributed by atoms with Gasteiger partial charge in [-0.15, -0.1) is 10.2 Å². The Hall–Kier alpha value is -4.38. The van der Waals surface area contributed by atoms with E-state index < -0.39 is 17.4 Å². The number of carbonyl (C=O) groups excluding carboxylic acids is 1. The number of nitrogens with zero attached hydrogens (tertiary/aromatic N) is 4. The Morgan fingerprint density at radius 2 is 1.73 bits per heavy atom. The lowest BCUT2D eigenvalue weighted by Crippen LogP contribution is -2.33. The summed E-state index contributed by atoms with van der Waals surface area (Å²) < 4.78 is 46.5. The van der Waals surface area contributed by atoms with Crippen molar-refractivity contribution in [1.82, 2.24) is 19.7 Å². The highest BCUT2D eigenvalue weighted by Gasteiger charge is 2.38. The van der Waals surface area contributed by atoms with E-state index in [-0.39, 0.29) is 12.5 Å². The topological polar surface area (TPSA) is 89.3 Å². The van der Waals surface area contributed by atoms with Crippen LogP contribution < -0.4 is 15.6 Å².